The van der Waals surface area contributed by atoms with Crippen LogP contribution in [0.2, 0.25) is 0 Å². The van der Waals surface area contributed by atoms with Gasteiger partial charge in [-0.05, 0) is 32.2 Å². The topological polar surface area (TPSA) is 55.4 Å². The summed E-state index contributed by atoms with van der Waals surface area (Å²) in [6, 6.07) is 0. The zero-order valence-corrected chi connectivity index (χ0v) is 10.9. The van der Waals surface area contributed by atoms with Gasteiger partial charge in [-0.25, -0.2) is 8.42 Å². The minimum absolute atomic E-state index is 0.256. The fraction of sp³-hybridized carbons (Fsp3) is 1.00. The fourth-order valence-corrected chi connectivity index (χ4v) is 3.18. The number of nitrogens with one attached hydrogen (secondary N) is 1. The van der Waals surface area contributed by atoms with Gasteiger partial charge in [-0.1, -0.05) is 6.92 Å². The summed E-state index contributed by atoms with van der Waals surface area (Å²) >= 11 is 0. The molecule has 0 aromatic heterocycles. The van der Waals surface area contributed by atoms with Crippen LogP contribution >= 0.6 is 0 Å². The van der Waals surface area contributed by atoms with Crippen LogP contribution in [-0.2, 0) is 14.6 Å². The normalized spacial score (nSPS) is 21.4. The molecule has 16 heavy (non-hydrogen) atoms. The van der Waals surface area contributed by atoms with Gasteiger partial charge in [0.25, 0.3) is 0 Å². The van der Waals surface area contributed by atoms with Gasteiger partial charge in [0.2, 0.25) is 0 Å². The fourth-order valence-electron chi connectivity index (χ4n) is 1.90. The Hall–Kier alpha value is -0.130. The van der Waals surface area contributed by atoms with Gasteiger partial charge in [-0.3, -0.25) is 0 Å². The third-order valence-electron chi connectivity index (χ3n) is 2.77. The van der Waals surface area contributed by atoms with E-state index in [-0.39, 0.29) is 5.75 Å². The van der Waals surface area contributed by atoms with Gasteiger partial charge in [0.15, 0.2) is 9.84 Å². The predicted octanol–water partition coefficient (Wildman–Crippen LogP) is 0.970. The van der Waals surface area contributed by atoms with Crippen molar-refractivity contribution in [1.82, 2.24) is 5.32 Å². The highest BCUT2D eigenvalue weighted by Crippen LogP contribution is 2.14. The molecule has 0 aliphatic carbocycles. The number of hydrogen-bond donors (Lipinski definition) is 1. The van der Waals surface area contributed by atoms with E-state index in [0.29, 0.717) is 24.8 Å². The van der Waals surface area contributed by atoms with Crippen molar-refractivity contribution in [2.45, 2.75) is 38.7 Å². The molecule has 1 heterocycles. The van der Waals surface area contributed by atoms with Gasteiger partial charge in [-0.15, -0.1) is 0 Å². The first-order valence-corrected chi connectivity index (χ1v) is 7.99. The standard InChI is InChI=1S/C11H23NO3S/c1-2-9-16(13,14)10-7-12-6-5-11-4-3-8-15-11/h11-12H,2-10H2,1H3. The Morgan fingerprint density at radius 1 is 1.31 bits per heavy atom. The molecule has 0 radical (unpaired) electrons. The molecule has 0 saturated carbocycles. The zero-order chi connectivity index (χ0) is 11.9. The van der Waals surface area contributed by atoms with Crippen LogP contribution < -0.4 is 5.32 Å². The molecule has 1 saturated heterocycles. The molecule has 0 spiro atoms. The molecule has 1 aliphatic heterocycles. The Balaban J connectivity index is 1.98. The molecule has 1 N–H and O–H groups in total. The second kappa shape index (κ2) is 7.25. The highest BCUT2D eigenvalue weighted by molar-refractivity contribution is 7.91. The minimum Gasteiger partial charge on any atom is -0.378 e. The maximum absolute atomic E-state index is 11.4. The molecule has 0 aromatic rings. The van der Waals surface area contributed by atoms with Crippen LogP contribution in [-0.4, -0.2) is 45.7 Å². The van der Waals surface area contributed by atoms with Crippen molar-refractivity contribution in [3.8, 4) is 0 Å². The lowest BCUT2D eigenvalue weighted by molar-refractivity contribution is 0.104. The molecule has 5 heteroatoms. The third-order valence-corrected chi connectivity index (χ3v) is 4.63. The molecule has 0 amide bonds. The van der Waals surface area contributed by atoms with Crippen LogP contribution in [0.5, 0.6) is 0 Å². The summed E-state index contributed by atoms with van der Waals surface area (Å²) in [4.78, 5) is 0. The summed E-state index contributed by atoms with van der Waals surface area (Å²) in [5, 5.41) is 3.17. The van der Waals surface area contributed by atoms with Crippen molar-refractivity contribution in [1.29, 1.82) is 0 Å². The SMILES string of the molecule is CCCS(=O)(=O)CCNCCC1CCCO1. The van der Waals surface area contributed by atoms with Crippen molar-refractivity contribution in [2.24, 2.45) is 0 Å². The van der Waals surface area contributed by atoms with Crippen LogP contribution in [0.25, 0.3) is 0 Å². The average molecular weight is 249 g/mol. The van der Waals surface area contributed by atoms with Crippen molar-refractivity contribution in [3.05, 3.63) is 0 Å². The highest BCUT2D eigenvalue weighted by Gasteiger charge is 2.14. The van der Waals surface area contributed by atoms with Crippen molar-refractivity contribution in [3.63, 3.8) is 0 Å². The molecule has 1 unspecified atom stereocenters. The highest BCUT2D eigenvalue weighted by atomic mass is 32.2. The summed E-state index contributed by atoms with van der Waals surface area (Å²) < 4.78 is 28.3. The molecule has 0 aromatic carbocycles. The number of ether oxygens (including phenoxy) is 1. The Morgan fingerprint density at radius 2 is 2.12 bits per heavy atom. The van der Waals surface area contributed by atoms with Crippen molar-refractivity contribution >= 4 is 9.84 Å². The second-order valence-corrected chi connectivity index (χ2v) is 6.63. The van der Waals surface area contributed by atoms with Gasteiger partial charge >= 0.3 is 0 Å². The van der Waals surface area contributed by atoms with Crippen molar-refractivity contribution in [2.75, 3.05) is 31.2 Å². The van der Waals surface area contributed by atoms with Crippen LogP contribution in [0.15, 0.2) is 0 Å². The van der Waals surface area contributed by atoms with Gasteiger partial charge in [0.05, 0.1) is 11.9 Å². The monoisotopic (exact) mass is 249 g/mol. The van der Waals surface area contributed by atoms with E-state index in [2.05, 4.69) is 5.32 Å². The molecular weight excluding hydrogens is 226 g/mol. The van der Waals surface area contributed by atoms with Crippen molar-refractivity contribution < 1.29 is 13.2 Å². The first-order valence-electron chi connectivity index (χ1n) is 6.17. The Kier molecular flexibility index (Phi) is 6.31. The summed E-state index contributed by atoms with van der Waals surface area (Å²) in [6.45, 7) is 4.19. The number of hydrogen-bond acceptors (Lipinski definition) is 4. The molecule has 1 atom stereocenters. The van der Waals surface area contributed by atoms with E-state index in [0.717, 1.165) is 32.4 Å². The van der Waals surface area contributed by atoms with E-state index < -0.39 is 9.84 Å². The maximum Gasteiger partial charge on any atom is 0.151 e. The quantitative estimate of drug-likeness (QED) is 0.651. The Labute approximate surface area is 98.7 Å². The number of rotatable bonds is 8. The Morgan fingerprint density at radius 3 is 2.75 bits per heavy atom. The van der Waals surface area contributed by atoms with Gasteiger partial charge in [0.1, 0.15) is 0 Å². The third kappa shape index (κ3) is 5.82. The summed E-state index contributed by atoms with van der Waals surface area (Å²) in [7, 11) is -2.82. The van der Waals surface area contributed by atoms with Crippen LogP contribution in [0.3, 0.4) is 0 Å². The summed E-state index contributed by atoms with van der Waals surface area (Å²) in [6.07, 6.45) is 4.40. The van der Waals surface area contributed by atoms with E-state index in [1.54, 1.807) is 0 Å². The van der Waals surface area contributed by atoms with E-state index in [4.69, 9.17) is 4.74 Å². The van der Waals surface area contributed by atoms with Crippen LogP contribution in [0, 0.1) is 0 Å². The van der Waals surface area contributed by atoms with E-state index in [1.165, 1.54) is 0 Å². The van der Waals surface area contributed by atoms with Crippen LogP contribution in [0.1, 0.15) is 32.6 Å². The lowest BCUT2D eigenvalue weighted by Crippen LogP contribution is -2.27. The second-order valence-electron chi connectivity index (χ2n) is 4.33. The summed E-state index contributed by atoms with van der Waals surface area (Å²) in [5.74, 6) is 0.562. The largest absolute Gasteiger partial charge is 0.378 e. The molecule has 96 valence electrons. The first kappa shape index (κ1) is 13.9. The maximum atomic E-state index is 11.4. The minimum atomic E-state index is -2.82. The predicted molar refractivity (Wildman–Crippen MR) is 65.4 cm³/mol. The molecule has 1 aliphatic rings. The van der Waals surface area contributed by atoms with Gasteiger partial charge < -0.3 is 10.1 Å². The first-order chi connectivity index (χ1) is 7.64. The molecular formula is C11H23NO3S. The number of sulfone groups is 1. The molecule has 1 rings (SSSR count). The lowest BCUT2D eigenvalue weighted by atomic mass is 10.2. The Bertz CT molecular complexity index is 271. The van der Waals surface area contributed by atoms with Crippen LogP contribution in [0.4, 0.5) is 0 Å². The average Bonchev–Trinajstić information content (AvgIpc) is 2.69. The van der Waals surface area contributed by atoms with E-state index in [1.807, 2.05) is 6.92 Å². The van der Waals surface area contributed by atoms with Gasteiger partial charge in [0, 0.05) is 18.9 Å². The van der Waals surface area contributed by atoms with E-state index in [9.17, 15) is 8.42 Å². The molecule has 0 bridgehead atoms. The van der Waals surface area contributed by atoms with E-state index >= 15 is 0 Å². The molecule has 4 nitrogen and oxygen atoms in total. The smallest absolute Gasteiger partial charge is 0.151 e. The van der Waals surface area contributed by atoms with Gasteiger partial charge in [-0.2, -0.15) is 0 Å². The molecule has 1 fully saturated rings. The zero-order valence-electron chi connectivity index (χ0n) is 10.1. The summed E-state index contributed by atoms with van der Waals surface area (Å²) in [5.41, 5.74) is 0. The lowest BCUT2D eigenvalue weighted by Gasteiger charge is -2.09.